The molecule has 5 aromatic carbocycles. The fourth-order valence-electron chi connectivity index (χ4n) is 5.54. The third-order valence-corrected chi connectivity index (χ3v) is 9.20. The van der Waals surface area contributed by atoms with Crippen LogP contribution < -0.4 is 24.0 Å². The Morgan fingerprint density at radius 2 is 1.47 bits per heavy atom. The maximum absolute atomic E-state index is 14.6. The minimum absolute atomic E-state index is 0.0197. The first-order valence-electron chi connectivity index (χ1n) is 14.4. The molecule has 0 radical (unpaired) electrons. The maximum Gasteiger partial charge on any atom is 0.262 e. The second-order valence-electron chi connectivity index (χ2n) is 10.8. The highest BCUT2D eigenvalue weighted by Crippen LogP contribution is 2.43. The monoisotopic (exact) mass is 619 g/mol. The Morgan fingerprint density at radius 1 is 0.756 bits per heavy atom. The third kappa shape index (κ3) is 6.07. The number of methoxy groups -OCH3 is 2. The van der Waals surface area contributed by atoms with Gasteiger partial charge in [-0.2, -0.15) is 0 Å². The van der Waals surface area contributed by atoms with Crippen molar-refractivity contribution in [3.8, 4) is 11.5 Å². The van der Waals surface area contributed by atoms with Gasteiger partial charge in [-0.1, -0.05) is 60.2 Å². The van der Waals surface area contributed by atoms with Gasteiger partial charge in [0.1, 0.15) is 17.7 Å². The van der Waals surface area contributed by atoms with E-state index in [0.717, 1.165) is 16.7 Å². The van der Waals surface area contributed by atoms with Gasteiger partial charge < -0.3 is 14.4 Å². The Bertz CT molecular complexity index is 1930. The Kier molecular flexibility index (Phi) is 8.19. The highest BCUT2D eigenvalue weighted by molar-refractivity contribution is 7.92. The Morgan fingerprint density at radius 3 is 2.16 bits per heavy atom. The van der Waals surface area contributed by atoms with Crippen LogP contribution in [0, 0.1) is 6.92 Å². The molecule has 0 saturated heterocycles. The van der Waals surface area contributed by atoms with E-state index < -0.39 is 16.2 Å². The van der Waals surface area contributed by atoms with E-state index in [1.54, 1.807) is 55.5 Å². The number of benzene rings is 5. The van der Waals surface area contributed by atoms with Crippen LogP contribution in [0.1, 0.15) is 33.2 Å². The molecule has 1 N–H and O–H groups in total. The largest absolute Gasteiger partial charge is 0.497 e. The van der Waals surface area contributed by atoms with E-state index in [4.69, 9.17) is 9.47 Å². The van der Waals surface area contributed by atoms with Crippen LogP contribution in [-0.2, 0) is 16.6 Å². The molecule has 0 unspecified atom stereocenters. The lowest BCUT2D eigenvalue weighted by Gasteiger charge is -2.46. The van der Waals surface area contributed by atoms with E-state index in [1.807, 2.05) is 85.8 Å². The number of carbonyl (C=O) groups excluding carboxylic acids is 1. The first-order chi connectivity index (χ1) is 21.8. The average molecular weight is 620 g/mol. The summed E-state index contributed by atoms with van der Waals surface area (Å²) >= 11 is 0. The lowest BCUT2D eigenvalue weighted by Crippen LogP contribution is -2.49. The summed E-state index contributed by atoms with van der Waals surface area (Å²) in [6, 6.07) is 36.7. The molecule has 0 aromatic heterocycles. The number of amides is 1. The molecule has 0 bridgehead atoms. The van der Waals surface area contributed by atoms with Crippen molar-refractivity contribution in [3.05, 3.63) is 144 Å². The molecule has 6 rings (SSSR count). The molecule has 8 nitrogen and oxygen atoms in total. The minimum atomic E-state index is -4.03. The Balaban J connectivity index is 1.51. The number of aryl methyl sites for hydroxylation is 1. The van der Waals surface area contributed by atoms with E-state index >= 15 is 0 Å². The topological polar surface area (TPSA) is 88.2 Å². The zero-order chi connectivity index (χ0) is 31.6. The molecule has 5 aromatic rings. The molecular formula is C36H33N3O5S. The second kappa shape index (κ2) is 12.4. The number of hydrogen-bond acceptors (Lipinski definition) is 6. The molecule has 228 valence electrons. The van der Waals surface area contributed by atoms with Crippen LogP contribution in [0.2, 0.25) is 0 Å². The minimum Gasteiger partial charge on any atom is -0.497 e. The SMILES string of the molecule is COc1ccc(NS(=O)(=O)c2ccc3c(c2)C(=O)N(c2ccc(C)cc2)[C@H](c2cccc(OC)c2)N3Cc2ccccc2)cc1. The fourth-order valence-corrected chi connectivity index (χ4v) is 6.62. The Hall–Kier alpha value is -5.28. The molecular weight excluding hydrogens is 586 g/mol. The number of carbonyl (C=O) groups is 1. The van der Waals surface area contributed by atoms with Crippen LogP contribution in [0.4, 0.5) is 17.1 Å². The summed E-state index contributed by atoms with van der Waals surface area (Å²) in [5.74, 6) is 0.963. The first kappa shape index (κ1) is 29.8. The lowest BCUT2D eigenvalue weighted by molar-refractivity contribution is 0.0968. The lowest BCUT2D eigenvalue weighted by atomic mass is 9.98. The standard InChI is InChI=1S/C36H33N3O5S/c1-25-12-16-29(17-13-25)39-35(27-10-7-11-31(22-27)44-3)38(24-26-8-5-4-6-9-26)34-21-20-32(23-33(34)36(39)40)45(41,42)37-28-14-18-30(43-2)19-15-28/h4-23,35,37H,24H2,1-3H3/t35-/m1/s1. The van der Waals surface area contributed by atoms with Crippen molar-refractivity contribution >= 4 is 33.0 Å². The van der Waals surface area contributed by atoms with Crippen LogP contribution in [0.5, 0.6) is 11.5 Å². The van der Waals surface area contributed by atoms with Crippen molar-refractivity contribution in [2.75, 3.05) is 28.7 Å². The third-order valence-electron chi connectivity index (χ3n) is 7.82. The summed E-state index contributed by atoms with van der Waals surface area (Å²) in [6.45, 7) is 2.45. The van der Waals surface area contributed by atoms with Gasteiger partial charge in [0.25, 0.3) is 15.9 Å². The number of anilines is 3. The smallest absolute Gasteiger partial charge is 0.262 e. The summed E-state index contributed by atoms with van der Waals surface area (Å²) in [4.78, 5) is 18.4. The van der Waals surface area contributed by atoms with Gasteiger partial charge in [-0.3, -0.25) is 14.4 Å². The zero-order valence-corrected chi connectivity index (χ0v) is 26.0. The fraction of sp³-hybridized carbons (Fsp3) is 0.139. The predicted octanol–water partition coefficient (Wildman–Crippen LogP) is 7.18. The second-order valence-corrected chi connectivity index (χ2v) is 12.5. The molecule has 45 heavy (non-hydrogen) atoms. The summed E-state index contributed by atoms with van der Waals surface area (Å²) in [7, 11) is -0.867. The quantitative estimate of drug-likeness (QED) is 0.188. The van der Waals surface area contributed by atoms with Gasteiger partial charge in [0.2, 0.25) is 0 Å². The van der Waals surface area contributed by atoms with Crippen LogP contribution in [0.25, 0.3) is 0 Å². The van der Waals surface area contributed by atoms with E-state index in [2.05, 4.69) is 9.62 Å². The molecule has 1 atom stereocenters. The molecule has 0 saturated carbocycles. The number of sulfonamides is 1. The summed E-state index contributed by atoms with van der Waals surface area (Å²) in [5.41, 5.74) is 4.92. The van der Waals surface area contributed by atoms with Crippen LogP contribution in [-0.4, -0.2) is 28.5 Å². The van der Waals surface area contributed by atoms with Crippen molar-refractivity contribution < 1.29 is 22.7 Å². The van der Waals surface area contributed by atoms with Gasteiger partial charge in [0.15, 0.2) is 0 Å². The van der Waals surface area contributed by atoms with Gasteiger partial charge in [0, 0.05) is 17.9 Å². The van der Waals surface area contributed by atoms with Crippen LogP contribution in [0.3, 0.4) is 0 Å². The van der Waals surface area contributed by atoms with Gasteiger partial charge in [-0.15, -0.1) is 0 Å². The van der Waals surface area contributed by atoms with Crippen molar-refractivity contribution in [2.24, 2.45) is 0 Å². The number of rotatable bonds is 9. The highest BCUT2D eigenvalue weighted by Gasteiger charge is 2.40. The number of fused-ring (bicyclic) bond motifs is 1. The van der Waals surface area contributed by atoms with Gasteiger partial charge in [-0.05, 0) is 84.8 Å². The van der Waals surface area contributed by atoms with Gasteiger partial charge in [0.05, 0.1) is 30.4 Å². The van der Waals surface area contributed by atoms with Crippen molar-refractivity contribution in [3.63, 3.8) is 0 Å². The van der Waals surface area contributed by atoms with Crippen LogP contribution >= 0.6 is 0 Å². The number of nitrogens with one attached hydrogen (secondary N) is 1. The molecule has 1 aliphatic rings. The van der Waals surface area contributed by atoms with Gasteiger partial charge >= 0.3 is 0 Å². The predicted molar refractivity (Wildman–Crippen MR) is 177 cm³/mol. The van der Waals surface area contributed by atoms with E-state index in [1.165, 1.54) is 6.07 Å². The van der Waals surface area contributed by atoms with Crippen LogP contribution in [0.15, 0.2) is 126 Å². The van der Waals surface area contributed by atoms with Crippen molar-refractivity contribution in [1.82, 2.24) is 0 Å². The summed E-state index contributed by atoms with van der Waals surface area (Å²) in [6.07, 6.45) is -0.553. The van der Waals surface area contributed by atoms with E-state index in [9.17, 15) is 13.2 Å². The molecule has 1 aliphatic heterocycles. The molecule has 0 fully saturated rings. The van der Waals surface area contributed by atoms with E-state index in [0.29, 0.717) is 35.1 Å². The summed E-state index contributed by atoms with van der Waals surface area (Å²) in [5, 5.41) is 0. The van der Waals surface area contributed by atoms with Gasteiger partial charge in [-0.25, -0.2) is 8.42 Å². The molecule has 1 heterocycles. The van der Waals surface area contributed by atoms with Crippen molar-refractivity contribution in [2.45, 2.75) is 24.5 Å². The maximum atomic E-state index is 14.6. The average Bonchev–Trinajstić information content (AvgIpc) is 3.07. The Labute approximate surface area is 263 Å². The number of nitrogens with zero attached hydrogens (tertiary/aromatic N) is 2. The summed E-state index contributed by atoms with van der Waals surface area (Å²) < 4.78 is 40.5. The molecule has 0 aliphatic carbocycles. The molecule has 0 spiro atoms. The van der Waals surface area contributed by atoms with Crippen molar-refractivity contribution in [1.29, 1.82) is 0 Å². The highest BCUT2D eigenvalue weighted by atomic mass is 32.2. The number of ether oxygens (including phenoxy) is 2. The molecule has 9 heteroatoms. The normalized spacial score (nSPS) is 14.6. The number of hydrogen-bond donors (Lipinski definition) is 1. The molecule has 1 amide bonds. The zero-order valence-electron chi connectivity index (χ0n) is 25.2. The first-order valence-corrected chi connectivity index (χ1v) is 15.9. The van der Waals surface area contributed by atoms with E-state index in [-0.39, 0.29) is 16.4 Å².